The van der Waals surface area contributed by atoms with E-state index in [1.807, 2.05) is 36.4 Å². The minimum absolute atomic E-state index is 0.0613. The van der Waals surface area contributed by atoms with E-state index >= 15 is 0 Å². The van der Waals surface area contributed by atoms with Crippen molar-refractivity contribution < 1.29 is 29.0 Å². The Morgan fingerprint density at radius 3 is 2.18 bits per heavy atom. The second-order valence-electron chi connectivity index (χ2n) is 9.49. The van der Waals surface area contributed by atoms with Crippen LogP contribution in [0.15, 0.2) is 48.5 Å². The number of fused-ring (bicyclic) bond motifs is 3. The molecule has 0 unspecified atom stereocenters. The molecule has 1 atom stereocenters. The molecule has 2 N–H and O–H groups in total. The highest BCUT2D eigenvalue weighted by Gasteiger charge is 2.49. The number of carboxylic acid groups (broad SMARTS) is 1. The SMILES string of the molecule is CC(C)(C)OC(=O)N[C@@]1(C(=O)O)CCN(C(=O)OCC2c3ccccc3-c3ccccc32)C1. The van der Waals surface area contributed by atoms with Gasteiger partial charge >= 0.3 is 18.2 Å². The summed E-state index contributed by atoms with van der Waals surface area (Å²) >= 11 is 0. The van der Waals surface area contributed by atoms with E-state index in [9.17, 15) is 19.5 Å². The van der Waals surface area contributed by atoms with Gasteiger partial charge in [-0.05, 0) is 43.0 Å². The number of carboxylic acids is 1. The first kappa shape index (κ1) is 22.6. The summed E-state index contributed by atoms with van der Waals surface area (Å²) in [5, 5.41) is 12.2. The standard InChI is InChI=1S/C25H28N2O6/c1-24(2,3)33-22(30)26-25(21(28)29)12-13-27(15-25)23(31)32-14-20-18-10-6-4-8-16(18)17-9-5-7-11-19(17)20/h4-11,20H,12-15H2,1-3H3,(H,26,30)(H,28,29)/t25-/m0/s1. The molecule has 1 fully saturated rings. The van der Waals surface area contributed by atoms with Gasteiger partial charge in [0, 0.05) is 18.9 Å². The van der Waals surface area contributed by atoms with Crippen LogP contribution in [0, 0.1) is 0 Å². The fourth-order valence-electron chi connectivity index (χ4n) is 4.48. The van der Waals surface area contributed by atoms with Gasteiger partial charge in [0.05, 0.1) is 6.54 Å². The topological polar surface area (TPSA) is 105 Å². The molecule has 0 saturated carbocycles. The van der Waals surface area contributed by atoms with Crippen molar-refractivity contribution in [2.24, 2.45) is 0 Å². The molecule has 0 radical (unpaired) electrons. The van der Waals surface area contributed by atoms with Gasteiger partial charge in [0.15, 0.2) is 5.54 Å². The molecule has 0 bridgehead atoms. The van der Waals surface area contributed by atoms with Crippen molar-refractivity contribution in [3.8, 4) is 11.1 Å². The Labute approximate surface area is 192 Å². The molecule has 1 heterocycles. The van der Waals surface area contributed by atoms with Gasteiger partial charge in [-0.1, -0.05) is 48.5 Å². The monoisotopic (exact) mass is 452 g/mol. The number of alkyl carbamates (subject to hydrolysis) is 1. The number of amides is 2. The van der Waals surface area contributed by atoms with E-state index in [1.54, 1.807) is 20.8 Å². The van der Waals surface area contributed by atoms with Crippen LogP contribution in [0.3, 0.4) is 0 Å². The smallest absolute Gasteiger partial charge is 0.409 e. The second kappa shape index (κ2) is 8.42. The molecule has 1 aliphatic heterocycles. The van der Waals surface area contributed by atoms with Crippen LogP contribution in [0.4, 0.5) is 9.59 Å². The van der Waals surface area contributed by atoms with Crippen LogP contribution < -0.4 is 5.32 Å². The largest absolute Gasteiger partial charge is 0.479 e. The Balaban J connectivity index is 1.43. The van der Waals surface area contributed by atoms with Gasteiger partial charge in [0.1, 0.15) is 12.2 Å². The first-order valence-electron chi connectivity index (χ1n) is 10.9. The number of hydrogen-bond acceptors (Lipinski definition) is 5. The molecule has 1 aliphatic carbocycles. The number of nitrogens with zero attached hydrogens (tertiary/aromatic N) is 1. The summed E-state index contributed by atoms with van der Waals surface area (Å²) in [4.78, 5) is 38.3. The molecule has 2 amide bonds. The van der Waals surface area contributed by atoms with E-state index in [-0.39, 0.29) is 32.0 Å². The minimum Gasteiger partial charge on any atom is -0.479 e. The highest BCUT2D eigenvalue weighted by atomic mass is 16.6. The quantitative estimate of drug-likeness (QED) is 0.727. The molecule has 0 aromatic heterocycles. The average molecular weight is 453 g/mol. The number of benzene rings is 2. The van der Waals surface area contributed by atoms with Gasteiger partial charge in [0.2, 0.25) is 0 Å². The van der Waals surface area contributed by atoms with Crippen LogP contribution in [0.1, 0.15) is 44.2 Å². The lowest BCUT2D eigenvalue weighted by Crippen LogP contribution is -2.57. The van der Waals surface area contributed by atoms with Crippen LogP contribution in [0.2, 0.25) is 0 Å². The lowest BCUT2D eigenvalue weighted by molar-refractivity contribution is -0.144. The third kappa shape index (κ3) is 4.51. The number of ether oxygens (including phenoxy) is 2. The Morgan fingerprint density at radius 2 is 1.64 bits per heavy atom. The third-order valence-electron chi connectivity index (χ3n) is 6.01. The summed E-state index contributed by atoms with van der Waals surface area (Å²) in [7, 11) is 0. The van der Waals surface area contributed by atoms with Crippen molar-refractivity contribution >= 4 is 18.2 Å². The zero-order valence-corrected chi connectivity index (χ0v) is 19.0. The molecule has 33 heavy (non-hydrogen) atoms. The summed E-state index contributed by atoms with van der Waals surface area (Å²) in [6.45, 7) is 5.17. The second-order valence-corrected chi connectivity index (χ2v) is 9.49. The maximum absolute atomic E-state index is 12.8. The lowest BCUT2D eigenvalue weighted by atomic mass is 9.98. The van der Waals surface area contributed by atoms with Gasteiger partial charge < -0.3 is 24.8 Å². The zero-order chi connectivity index (χ0) is 23.8. The van der Waals surface area contributed by atoms with E-state index in [0.717, 1.165) is 22.3 Å². The molecular formula is C25H28N2O6. The van der Waals surface area contributed by atoms with Crippen molar-refractivity contribution in [3.63, 3.8) is 0 Å². The Morgan fingerprint density at radius 1 is 1.06 bits per heavy atom. The van der Waals surface area contributed by atoms with E-state index in [1.165, 1.54) is 4.90 Å². The predicted octanol–water partition coefficient (Wildman–Crippen LogP) is 3.99. The fraction of sp³-hybridized carbons (Fsp3) is 0.400. The fourth-order valence-corrected chi connectivity index (χ4v) is 4.48. The lowest BCUT2D eigenvalue weighted by Gasteiger charge is -2.28. The highest BCUT2D eigenvalue weighted by molar-refractivity contribution is 5.86. The van der Waals surface area contributed by atoms with Gasteiger partial charge in [-0.15, -0.1) is 0 Å². The summed E-state index contributed by atoms with van der Waals surface area (Å²) in [5.74, 6) is -1.31. The van der Waals surface area contributed by atoms with Crippen LogP contribution in [0.5, 0.6) is 0 Å². The Bertz CT molecular complexity index is 1050. The summed E-state index contributed by atoms with van der Waals surface area (Å²) in [6.07, 6.45) is -1.38. The number of carbonyl (C=O) groups is 3. The molecule has 8 heteroatoms. The van der Waals surface area contributed by atoms with Gasteiger partial charge in [-0.3, -0.25) is 0 Å². The zero-order valence-electron chi connectivity index (χ0n) is 19.0. The van der Waals surface area contributed by atoms with Crippen LogP contribution >= 0.6 is 0 Å². The number of hydrogen-bond donors (Lipinski definition) is 2. The van der Waals surface area contributed by atoms with Crippen LogP contribution in [0.25, 0.3) is 11.1 Å². The molecule has 2 aromatic rings. The van der Waals surface area contributed by atoms with E-state index in [4.69, 9.17) is 9.47 Å². The minimum atomic E-state index is -1.62. The normalized spacial score (nSPS) is 19.5. The van der Waals surface area contributed by atoms with Crippen molar-refractivity contribution in [3.05, 3.63) is 59.7 Å². The predicted molar refractivity (Wildman–Crippen MR) is 121 cm³/mol. The van der Waals surface area contributed by atoms with Crippen molar-refractivity contribution in [2.75, 3.05) is 19.7 Å². The van der Waals surface area contributed by atoms with Gasteiger partial charge in [0.25, 0.3) is 0 Å². The van der Waals surface area contributed by atoms with E-state index in [0.29, 0.717) is 0 Å². The molecule has 174 valence electrons. The summed E-state index contributed by atoms with van der Waals surface area (Å²) < 4.78 is 10.8. The summed E-state index contributed by atoms with van der Waals surface area (Å²) in [5.41, 5.74) is 2.06. The maximum Gasteiger partial charge on any atom is 0.409 e. The van der Waals surface area contributed by atoms with Crippen molar-refractivity contribution in [2.45, 2.75) is 44.2 Å². The van der Waals surface area contributed by atoms with E-state index < -0.39 is 29.3 Å². The number of rotatable bonds is 4. The number of carbonyl (C=O) groups excluding carboxylic acids is 2. The average Bonchev–Trinajstić information content (AvgIpc) is 3.31. The summed E-state index contributed by atoms with van der Waals surface area (Å²) in [6, 6.07) is 16.1. The van der Waals surface area contributed by atoms with Crippen molar-refractivity contribution in [1.82, 2.24) is 10.2 Å². The highest BCUT2D eigenvalue weighted by Crippen LogP contribution is 2.44. The molecule has 2 aromatic carbocycles. The number of likely N-dealkylation sites (tertiary alicyclic amines) is 1. The van der Waals surface area contributed by atoms with E-state index in [2.05, 4.69) is 17.4 Å². The third-order valence-corrected chi connectivity index (χ3v) is 6.01. The molecular weight excluding hydrogens is 424 g/mol. The first-order chi connectivity index (χ1) is 15.6. The van der Waals surface area contributed by atoms with Crippen molar-refractivity contribution in [1.29, 1.82) is 0 Å². The van der Waals surface area contributed by atoms with Crippen LogP contribution in [-0.2, 0) is 14.3 Å². The Hall–Kier alpha value is -3.55. The Kier molecular flexibility index (Phi) is 5.78. The molecule has 1 saturated heterocycles. The number of aliphatic carboxylic acids is 1. The molecule has 8 nitrogen and oxygen atoms in total. The van der Waals surface area contributed by atoms with Gasteiger partial charge in [-0.25, -0.2) is 14.4 Å². The first-order valence-corrected chi connectivity index (χ1v) is 10.9. The molecule has 4 rings (SSSR count). The number of nitrogens with one attached hydrogen (secondary N) is 1. The van der Waals surface area contributed by atoms with Gasteiger partial charge in [-0.2, -0.15) is 0 Å². The molecule has 2 aliphatic rings. The maximum atomic E-state index is 12.8. The van der Waals surface area contributed by atoms with Crippen LogP contribution in [-0.4, -0.2) is 59.0 Å². The molecule has 0 spiro atoms.